The van der Waals surface area contributed by atoms with E-state index in [1.165, 1.54) is 12.2 Å². The summed E-state index contributed by atoms with van der Waals surface area (Å²) in [5.74, 6) is 1.94. The van der Waals surface area contributed by atoms with E-state index in [-0.39, 0.29) is 5.28 Å². The molecule has 7 heteroatoms. The lowest BCUT2D eigenvalue weighted by molar-refractivity contribution is 0.840. The van der Waals surface area contributed by atoms with Crippen LogP contribution >= 0.6 is 23.4 Å². The fourth-order valence-corrected chi connectivity index (χ4v) is 2.18. The molecule has 0 spiro atoms. The molecule has 0 atom stereocenters. The molecule has 17 heavy (non-hydrogen) atoms. The highest BCUT2D eigenvalue weighted by atomic mass is 35.5. The number of aromatic amines is 1. The van der Waals surface area contributed by atoms with E-state index < -0.39 is 0 Å². The van der Waals surface area contributed by atoms with Crippen LogP contribution in [0, 0.1) is 0 Å². The third-order valence-electron chi connectivity index (χ3n) is 2.35. The number of anilines is 1. The molecule has 0 bridgehead atoms. The predicted octanol–water partition coefficient (Wildman–Crippen LogP) is 2.56. The van der Waals surface area contributed by atoms with Gasteiger partial charge in [-0.3, -0.25) is 5.10 Å². The molecule has 0 unspecified atom stereocenters. The standard InChI is InChI=1S/C10H14ClN5S/c1-17-5-3-2-4-12-8-7-6-13-16-9(7)15-10(11)14-8/h6H,2-5H2,1H3,(H2,12,13,14,15,16). The molecule has 0 radical (unpaired) electrons. The second kappa shape index (κ2) is 6.07. The summed E-state index contributed by atoms with van der Waals surface area (Å²) in [5, 5.41) is 11.1. The zero-order valence-electron chi connectivity index (χ0n) is 9.53. The van der Waals surface area contributed by atoms with Gasteiger partial charge in [-0.2, -0.15) is 26.8 Å². The van der Waals surface area contributed by atoms with Crippen LogP contribution in [-0.4, -0.2) is 38.7 Å². The van der Waals surface area contributed by atoms with Gasteiger partial charge in [0.15, 0.2) is 5.65 Å². The van der Waals surface area contributed by atoms with Gasteiger partial charge in [-0.1, -0.05) is 0 Å². The van der Waals surface area contributed by atoms with Gasteiger partial charge in [-0.25, -0.2) is 0 Å². The fourth-order valence-electron chi connectivity index (χ4n) is 1.52. The number of halogens is 1. The molecular weight excluding hydrogens is 258 g/mol. The van der Waals surface area contributed by atoms with Gasteiger partial charge in [0.1, 0.15) is 5.82 Å². The molecule has 0 aliphatic heterocycles. The maximum atomic E-state index is 5.83. The van der Waals surface area contributed by atoms with Crippen LogP contribution in [0.4, 0.5) is 5.82 Å². The van der Waals surface area contributed by atoms with Crippen molar-refractivity contribution in [3.05, 3.63) is 11.5 Å². The molecule has 92 valence electrons. The zero-order chi connectivity index (χ0) is 12.1. The highest BCUT2D eigenvalue weighted by Gasteiger charge is 2.07. The Balaban J connectivity index is 2.00. The van der Waals surface area contributed by atoms with E-state index in [9.17, 15) is 0 Å². The van der Waals surface area contributed by atoms with Crippen molar-refractivity contribution >= 4 is 40.2 Å². The van der Waals surface area contributed by atoms with E-state index in [1.54, 1.807) is 6.20 Å². The maximum Gasteiger partial charge on any atom is 0.226 e. The minimum Gasteiger partial charge on any atom is -0.369 e. The normalized spacial score (nSPS) is 10.9. The van der Waals surface area contributed by atoms with Gasteiger partial charge < -0.3 is 5.32 Å². The van der Waals surface area contributed by atoms with E-state index in [0.717, 1.165) is 24.2 Å². The lowest BCUT2D eigenvalue weighted by atomic mass is 10.3. The molecule has 0 saturated carbocycles. The Morgan fingerprint density at radius 3 is 3.12 bits per heavy atom. The predicted molar refractivity (Wildman–Crippen MR) is 72.8 cm³/mol. The minimum atomic E-state index is 0.230. The molecule has 0 aromatic carbocycles. The van der Waals surface area contributed by atoms with Gasteiger partial charge in [0, 0.05) is 6.54 Å². The zero-order valence-corrected chi connectivity index (χ0v) is 11.1. The van der Waals surface area contributed by atoms with Crippen LogP contribution in [0.3, 0.4) is 0 Å². The van der Waals surface area contributed by atoms with Crippen molar-refractivity contribution in [2.24, 2.45) is 0 Å². The molecule has 2 aromatic rings. The van der Waals surface area contributed by atoms with Gasteiger partial charge in [0.25, 0.3) is 0 Å². The minimum absolute atomic E-state index is 0.230. The van der Waals surface area contributed by atoms with Gasteiger partial charge in [-0.15, -0.1) is 0 Å². The fraction of sp³-hybridized carbons (Fsp3) is 0.500. The molecule has 2 rings (SSSR count). The van der Waals surface area contributed by atoms with Crippen LogP contribution in [0.25, 0.3) is 11.0 Å². The van der Waals surface area contributed by atoms with Crippen molar-refractivity contribution in [2.75, 3.05) is 23.9 Å². The van der Waals surface area contributed by atoms with Crippen molar-refractivity contribution in [3.63, 3.8) is 0 Å². The summed E-state index contributed by atoms with van der Waals surface area (Å²) >= 11 is 7.69. The summed E-state index contributed by atoms with van der Waals surface area (Å²) in [6, 6.07) is 0. The highest BCUT2D eigenvalue weighted by molar-refractivity contribution is 7.98. The first-order valence-corrected chi connectivity index (χ1v) is 7.18. The Morgan fingerprint density at radius 1 is 1.41 bits per heavy atom. The van der Waals surface area contributed by atoms with Gasteiger partial charge in [0.2, 0.25) is 5.28 Å². The quantitative estimate of drug-likeness (QED) is 0.624. The molecule has 0 saturated heterocycles. The third kappa shape index (κ3) is 3.23. The Labute approximate surface area is 109 Å². The first-order valence-electron chi connectivity index (χ1n) is 5.40. The lowest BCUT2D eigenvalue weighted by Gasteiger charge is -2.06. The molecule has 0 aliphatic rings. The molecule has 5 nitrogen and oxygen atoms in total. The molecule has 2 heterocycles. The van der Waals surface area contributed by atoms with E-state index in [0.29, 0.717) is 5.65 Å². The van der Waals surface area contributed by atoms with Crippen LogP contribution in [0.5, 0.6) is 0 Å². The number of hydrogen-bond donors (Lipinski definition) is 2. The molecule has 0 fully saturated rings. The Hall–Kier alpha value is -1.01. The number of nitrogens with zero attached hydrogens (tertiary/aromatic N) is 3. The topological polar surface area (TPSA) is 66.5 Å². The average molecular weight is 272 g/mol. The number of H-pyrrole nitrogens is 1. The smallest absolute Gasteiger partial charge is 0.226 e. The second-order valence-corrected chi connectivity index (χ2v) is 4.92. The van der Waals surface area contributed by atoms with Crippen LogP contribution in [0.2, 0.25) is 5.28 Å². The van der Waals surface area contributed by atoms with E-state index in [2.05, 4.69) is 31.7 Å². The Morgan fingerprint density at radius 2 is 2.29 bits per heavy atom. The Bertz CT molecular complexity index is 487. The summed E-state index contributed by atoms with van der Waals surface area (Å²) in [5.41, 5.74) is 0.664. The van der Waals surface area contributed by atoms with Gasteiger partial charge in [-0.05, 0) is 36.5 Å². The summed E-state index contributed by atoms with van der Waals surface area (Å²) in [6.45, 7) is 0.883. The molecule has 2 N–H and O–H groups in total. The number of hydrogen-bond acceptors (Lipinski definition) is 5. The molecule has 2 aromatic heterocycles. The number of thioether (sulfide) groups is 1. The van der Waals surface area contributed by atoms with Crippen molar-refractivity contribution in [1.29, 1.82) is 0 Å². The SMILES string of the molecule is CSCCCCNc1nc(Cl)nc2[nH]ncc12. The summed E-state index contributed by atoms with van der Waals surface area (Å²) in [4.78, 5) is 8.22. The monoisotopic (exact) mass is 271 g/mol. The summed E-state index contributed by atoms with van der Waals surface area (Å²) < 4.78 is 0. The van der Waals surface area contributed by atoms with E-state index in [1.807, 2.05) is 11.8 Å². The van der Waals surface area contributed by atoms with Crippen LogP contribution in [-0.2, 0) is 0 Å². The lowest BCUT2D eigenvalue weighted by Crippen LogP contribution is -2.04. The first kappa shape index (κ1) is 12.4. The Kier molecular flexibility index (Phi) is 4.44. The maximum absolute atomic E-state index is 5.83. The number of fused-ring (bicyclic) bond motifs is 1. The highest BCUT2D eigenvalue weighted by Crippen LogP contribution is 2.19. The van der Waals surface area contributed by atoms with Crippen molar-refractivity contribution < 1.29 is 0 Å². The van der Waals surface area contributed by atoms with E-state index in [4.69, 9.17) is 11.6 Å². The summed E-state index contributed by atoms with van der Waals surface area (Å²) in [7, 11) is 0. The second-order valence-electron chi connectivity index (χ2n) is 3.60. The van der Waals surface area contributed by atoms with Crippen molar-refractivity contribution in [1.82, 2.24) is 20.2 Å². The molecule has 0 aliphatic carbocycles. The number of rotatable bonds is 6. The molecule has 0 amide bonds. The molecular formula is C10H14ClN5S. The van der Waals surface area contributed by atoms with E-state index >= 15 is 0 Å². The van der Waals surface area contributed by atoms with Crippen molar-refractivity contribution in [2.45, 2.75) is 12.8 Å². The number of unbranched alkanes of at least 4 members (excludes halogenated alkanes) is 1. The van der Waals surface area contributed by atoms with Crippen molar-refractivity contribution in [3.8, 4) is 0 Å². The van der Waals surface area contributed by atoms with Crippen LogP contribution < -0.4 is 5.32 Å². The summed E-state index contributed by atoms with van der Waals surface area (Å²) in [6.07, 6.45) is 6.13. The number of nitrogens with one attached hydrogen (secondary N) is 2. The van der Waals surface area contributed by atoms with Gasteiger partial charge in [0.05, 0.1) is 11.6 Å². The van der Waals surface area contributed by atoms with Crippen LogP contribution in [0.15, 0.2) is 6.20 Å². The first-order chi connectivity index (χ1) is 8.31. The average Bonchev–Trinajstić information content (AvgIpc) is 2.76. The number of aromatic nitrogens is 4. The van der Waals surface area contributed by atoms with Gasteiger partial charge >= 0.3 is 0 Å². The largest absolute Gasteiger partial charge is 0.369 e. The van der Waals surface area contributed by atoms with Crippen LogP contribution in [0.1, 0.15) is 12.8 Å². The third-order valence-corrected chi connectivity index (χ3v) is 3.22.